The van der Waals surface area contributed by atoms with Gasteiger partial charge in [-0.3, -0.25) is 0 Å². The molecule has 0 aliphatic rings. The van der Waals surface area contributed by atoms with Gasteiger partial charge in [-0.25, -0.2) is 4.68 Å². The van der Waals surface area contributed by atoms with E-state index < -0.39 is 0 Å². The predicted octanol–water partition coefficient (Wildman–Crippen LogP) is -0.498. The van der Waals surface area contributed by atoms with Crippen LogP contribution in [0.25, 0.3) is 0 Å². The number of hydrogen-bond donors (Lipinski definition) is 0. The molecule has 5 nitrogen and oxygen atoms in total. The molecule has 0 atom stereocenters. The molecule has 1 aromatic heterocycles. The minimum absolute atomic E-state index is 0.567. The summed E-state index contributed by atoms with van der Waals surface area (Å²) in [4.78, 5) is 0. The number of nitrogens with zero attached hydrogens (tertiary/aromatic N) is 4. The van der Waals surface area contributed by atoms with Gasteiger partial charge in [-0.15, -0.1) is 5.10 Å². The second-order valence-corrected chi connectivity index (χ2v) is 1.81. The number of aromatic nitrogens is 4. The first-order valence-corrected chi connectivity index (χ1v) is 2.91. The van der Waals surface area contributed by atoms with Crippen LogP contribution in [0.15, 0.2) is 0 Å². The second kappa shape index (κ2) is 3.26. The minimum atomic E-state index is 0.567. The second-order valence-electron chi connectivity index (χ2n) is 1.81. The SMILES string of the molecule is [CH2]c1nnnn1CCOC. The van der Waals surface area contributed by atoms with Crippen molar-refractivity contribution in [3.8, 4) is 0 Å². The molecular formula is C5H9N4O. The van der Waals surface area contributed by atoms with Crippen LogP contribution in [-0.4, -0.2) is 33.9 Å². The Kier molecular flexibility index (Phi) is 2.33. The highest BCUT2D eigenvalue weighted by molar-refractivity contribution is 4.83. The van der Waals surface area contributed by atoms with Crippen molar-refractivity contribution in [1.29, 1.82) is 0 Å². The Morgan fingerprint density at radius 2 is 2.50 bits per heavy atom. The summed E-state index contributed by atoms with van der Waals surface area (Å²) in [6.45, 7) is 4.86. The predicted molar refractivity (Wildman–Crippen MR) is 34.2 cm³/mol. The number of ether oxygens (including phenoxy) is 1. The van der Waals surface area contributed by atoms with E-state index in [9.17, 15) is 0 Å². The first-order chi connectivity index (χ1) is 4.84. The van der Waals surface area contributed by atoms with Crippen molar-refractivity contribution < 1.29 is 4.74 Å². The summed E-state index contributed by atoms with van der Waals surface area (Å²) in [7, 11) is 1.63. The Labute approximate surface area is 59.0 Å². The largest absolute Gasteiger partial charge is 0.383 e. The monoisotopic (exact) mass is 141 g/mol. The van der Waals surface area contributed by atoms with Gasteiger partial charge in [-0.05, 0) is 10.4 Å². The van der Waals surface area contributed by atoms with Gasteiger partial charge in [0.1, 0.15) is 0 Å². The van der Waals surface area contributed by atoms with Crippen molar-refractivity contribution in [2.75, 3.05) is 13.7 Å². The van der Waals surface area contributed by atoms with E-state index in [1.165, 1.54) is 0 Å². The van der Waals surface area contributed by atoms with Gasteiger partial charge in [0, 0.05) is 14.0 Å². The molecule has 0 unspecified atom stereocenters. The van der Waals surface area contributed by atoms with Gasteiger partial charge in [-0.1, -0.05) is 0 Å². The van der Waals surface area contributed by atoms with E-state index in [4.69, 9.17) is 4.74 Å². The van der Waals surface area contributed by atoms with E-state index in [-0.39, 0.29) is 0 Å². The summed E-state index contributed by atoms with van der Waals surface area (Å²) in [5.74, 6) is 0.567. The lowest BCUT2D eigenvalue weighted by Gasteiger charge is -1.97. The third kappa shape index (κ3) is 1.51. The average molecular weight is 141 g/mol. The number of methoxy groups -OCH3 is 1. The van der Waals surface area contributed by atoms with Crippen molar-refractivity contribution in [3.05, 3.63) is 12.7 Å². The van der Waals surface area contributed by atoms with Crippen LogP contribution in [0.2, 0.25) is 0 Å². The van der Waals surface area contributed by atoms with Crippen LogP contribution in [-0.2, 0) is 11.3 Å². The van der Waals surface area contributed by atoms with Crippen LogP contribution in [0, 0.1) is 6.92 Å². The lowest BCUT2D eigenvalue weighted by Crippen LogP contribution is -2.07. The summed E-state index contributed by atoms with van der Waals surface area (Å²) in [6, 6.07) is 0. The van der Waals surface area contributed by atoms with Crippen molar-refractivity contribution in [1.82, 2.24) is 20.2 Å². The third-order valence-corrected chi connectivity index (χ3v) is 1.11. The molecule has 0 N–H and O–H groups in total. The van der Waals surface area contributed by atoms with E-state index in [2.05, 4.69) is 22.4 Å². The number of rotatable bonds is 3. The van der Waals surface area contributed by atoms with Crippen LogP contribution in [0.4, 0.5) is 0 Å². The van der Waals surface area contributed by atoms with Crippen molar-refractivity contribution in [2.24, 2.45) is 0 Å². The van der Waals surface area contributed by atoms with E-state index >= 15 is 0 Å². The van der Waals surface area contributed by atoms with Crippen LogP contribution in [0.3, 0.4) is 0 Å². The summed E-state index contributed by atoms with van der Waals surface area (Å²) in [5, 5.41) is 10.7. The van der Waals surface area contributed by atoms with Gasteiger partial charge < -0.3 is 4.74 Å². The van der Waals surface area contributed by atoms with Crippen molar-refractivity contribution >= 4 is 0 Å². The van der Waals surface area contributed by atoms with Crippen molar-refractivity contribution in [3.63, 3.8) is 0 Å². The Balaban J connectivity index is 2.49. The number of tetrazole rings is 1. The van der Waals surface area contributed by atoms with Gasteiger partial charge in [-0.2, -0.15) is 0 Å². The van der Waals surface area contributed by atoms with E-state index in [0.29, 0.717) is 19.0 Å². The fourth-order valence-corrected chi connectivity index (χ4v) is 0.575. The van der Waals surface area contributed by atoms with Gasteiger partial charge in [0.15, 0.2) is 5.82 Å². The molecule has 0 saturated carbocycles. The molecule has 5 heteroatoms. The first kappa shape index (κ1) is 7.14. The van der Waals surface area contributed by atoms with E-state index in [0.717, 1.165) is 0 Å². The van der Waals surface area contributed by atoms with E-state index in [1.54, 1.807) is 11.8 Å². The summed E-state index contributed by atoms with van der Waals surface area (Å²) >= 11 is 0. The first-order valence-electron chi connectivity index (χ1n) is 2.91. The molecule has 0 saturated heterocycles. The van der Waals surface area contributed by atoms with Crippen LogP contribution in [0.5, 0.6) is 0 Å². The van der Waals surface area contributed by atoms with E-state index in [1.807, 2.05) is 0 Å². The average Bonchev–Trinajstić information content (AvgIpc) is 2.31. The molecule has 1 radical (unpaired) electrons. The zero-order chi connectivity index (χ0) is 7.40. The minimum Gasteiger partial charge on any atom is -0.383 e. The lowest BCUT2D eigenvalue weighted by atomic mass is 10.6. The van der Waals surface area contributed by atoms with Crippen LogP contribution in [0.1, 0.15) is 5.82 Å². The molecule has 0 bridgehead atoms. The Hall–Kier alpha value is -0.970. The summed E-state index contributed by atoms with van der Waals surface area (Å²) in [6.07, 6.45) is 0. The van der Waals surface area contributed by atoms with Crippen LogP contribution >= 0.6 is 0 Å². The standard InChI is InChI=1S/C5H9N4O/c1-5-6-7-8-9(5)3-4-10-2/h1,3-4H2,2H3. The zero-order valence-electron chi connectivity index (χ0n) is 5.82. The highest BCUT2D eigenvalue weighted by Crippen LogP contribution is 1.86. The quantitative estimate of drug-likeness (QED) is 0.569. The molecule has 1 rings (SSSR count). The van der Waals surface area contributed by atoms with Gasteiger partial charge in [0.2, 0.25) is 0 Å². The van der Waals surface area contributed by atoms with Gasteiger partial charge >= 0.3 is 0 Å². The Morgan fingerprint density at radius 1 is 1.70 bits per heavy atom. The maximum Gasteiger partial charge on any atom is 0.151 e. The third-order valence-electron chi connectivity index (χ3n) is 1.11. The van der Waals surface area contributed by atoms with Crippen LogP contribution < -0.4 is 0 Å². The zero-order valence-corrected chi connectivity index (χ0v) is 5.82. The Bertz CT molecular complexity index is 197. The van der Waals surface area contributed by atoms with Gasteiger partial charge in [0.05, 0.1) is 13.2 Å². The van der Waals surface area contributed by atoms with Gasteiger partial charge in [0.25, 0.3) is 0 Å². The number of hydrogen-bond acceptors (Lipinski definition) is 4. The molecule has 0 fully saturated rings. The lowest BCUT2D eigenvalue weighted by molar-refractivity contribution is 0.182. The Morgan fingerprint density at radius 3 is 3.00 bits per heavy atom. The normalized spacial score (nSPS) is 10.2. The molecule has 0 aliphatic carbocycles. The molecule has 55 valence electrons. The molecule has 1 aromatic rings. The molecule has 0 spiro atoms. The molecule has 1 heterocycles. The molecule has 0 amide bonds. The summed E-state index contributed by atoms with van der Waals surface area (Å²) < 4.78 is 6.41. The summed E-state index contributed by atoms with van der Waals surface area (Å²) in [5.41, 5.74) is 0. The smallest absolute Gasteiger partial charge is 0.151 e. The highest BCUT2D eigenvalue weighted by atomic mass is 16.5. The van der Waals surface area contributed by atoms with Crippen molar-refractivity contribution in [2.45, 2.75) is 6.54 Å². The fraction of sp³-hybridized carbons (Fsp3) is 0.600. The topological polar surface area (TPSA) is 52.8 Å². The highest BCUT2D eigenvalue weighted by Gasteiger charge is 1.96. The maximum atomic E-state index is 4.83. The maximum absolute atomic E-state index is 4.83. The fourth-order valence-electron chi connectivity index (χ4n) is 0.575. The molecular weight excluding hydrogens is 132 g/mol. The molecule has 10 heavy (non-hydrogen) atoms. The molecule has 0 aliphatic heterocycles. The molecule has 0 aromatic carbocycles.